The molecule has 6 heteroatoms. The molecule has 4 rings (SSSR count). The lowest BCUT2D eigenvalue weighted by Crippen LogP contribution is -2.63. The maximum Gasteiger partial charge on any atom is 0.321 e. The third-order valence-corrected chi connectivity index (χ3v) is 6.12. The first-order chi connectivity index (χ1) is 15.0. The summed E-state index contributed by atoms with van der Waals surface area (Å²) in [6.07, 6.45) is 12.0. The van der Waals surface area contributed by atoms with E-state index in [2.05, 4.69) is 16.6 Å². The fourth-order valence-electron chi connectivity index (χ4n) is 4.50. The van der Waals surface area contributed by atoms with Crippen LogP contribution in [0.15, 0.2) is 53.5 Å². The Morgan fingerprint density at radius 3 is 2.71 bits per heavy atom. The molecule has 2 aromatic rings. The number of hydrogen-bond donors (Lipinski definition) is 2. The lowest BCUT2D eigenvalue weighted by Gasteiger charge is -2.40. The van der Waals surface area contributed by atoms with Gasteiger partial charge in [-0.15, -0.1) is 6.42 Å². The number of benzene rings is 2. The van der Waals surface area contributed by atoms with E-state index in [4.69, 9.17) is 11.4 Å². The second-order valence-electron chi connectivity index (χ2n) is 8.09. The molecule has 3 amide bonds. The van der Waals surface area contributed by atoms with Gasteiger partial charge in [-0.1, -0.05) is 49.4 Å². The van der Waals surface area contributed by atoms with Crippen molar-refractivity contribution in [3.05, 3.63) is 59.7 Å². The van der Waals surface area contributed by atoms with Crippen molar-refractivity contribution in [3.8, 4) is 12.3 Å². The fraction of sp³-hybridized carbons (Fsp3) is 0.320. The number of rotatable bonds is 3. The molecule has 31 heavy (non-hydrogen) atoms. The van der Waals surface area contributed by atoms with Gasteiger partial charge >= 0.3 is 6.03 Å². The molecule has 0 spiro atoms. The summed E-state index contributed by atoms with van der Waals surface area (Å²) < 4.78 is 0. The van der Waals surface area contributed by atoms with Crippen LogP contribution in [0.2, 0.25) is 0 Å². The average Bonchev–Trinajstić information content (AvgIpc) is 2.91. The van der Waals surface area contributed by atoms with E-state index < -0.39 is 11.7 Å². The average molecular weight is 415 g/mol. The van der Waals surface area contributed by atoms with Gasteiger partial charge < -0.3 is 15.5 Å². The van der Waals surface area contributed by atoms with E-state index in [1.807, 2.05) is 24.3 Å². The van der Waals surface area contributed by atoms with E-state index in [1.54, 1.807) is 42.4 Å². The van der Waals surface area contributed by atoms with E-state index in [-0.39, 0.29) is 11.8 Å². The highest BCUT2D eigenvalue weighted by Crippen LogP contribution is 2.37. The fourth-order valence-corrected chi connectivity index (χ4v) is 4.50. The van der Waals surface area contributed by atoms with Crippen molar-refractivity contribution in [2.75, 3.05) is 17.3 Å². The van der Waals surface area contributed by atoms with Gasteiger partial charge in [0.15, 0.2) is 0 Å². The molecule has 2 N–H and O–H groups in total. The summed E-state index contributed by atoms with van der Waals surface area (Å²) in [5, 5.41) is 5.77. The van der Waals surface area contributed by atoms with Crippen molar-refractivity contribution in [1.82, 2.24) is 5.32 Å². The number of anilines is 2. The number of nitrogens with zero attached hydrogens (tertiary/aromatic N) is 2. The zero-order chi connectivity index (χ0) is 21.8. The second kappa shape index (κ2) is 8.65. The number of para-hydroxylation sites is 1. The predicted molar refractivity (Wildman–Crippen MR) is 123 cm³/mol. The summed E-state index contributed by atoms with van der Waals surface area (Å²) in [7, 11) is 1.74. The standard InChI is InChI=1S/C25H26N4O2/c1-3-18-10-9-14-21(16-18)27-24(31)28-25(20-12-5-4-6-13-20)23(30)29(2)22-15-8-7-11-19(22)17-26-25/h1,7-11,14-17,20H,4-6,12-13H2,2H3,(H2,27,28,31). The lowest BCUT2D eigenvalue weighted by atomic mass is 9.79. The highest BCUT2D eigenvalue weighted by atomic mass is 16.2. The van der Waals surface area contributed by atoms with Crippen molar-refractivity contribution in [2.45, 2.75) is 37.8 Å². The highest BCUT2D eigenvalue weighted by Gasteiger charge is 2.49. The van der Waals surface area contributed by atoms with Gasteiger partial charge in [0.1, 0.15) is 0 Å². The minimum atomic E-state index is -1.36. The Morgan fingerprint density at radius 2 is 1.94 bits per heavy atom. The van der Waals surface area contributed by atoms with Crippen LogP contribution < -0.4 is 15.5 Å². The number of aliphatic imine (C=N–C) groups is 1. The summed E-state index contributed by atoms with van der Waals surface area (Å²) in [6.45, 7) is 0. The Bertz CT molecular complexity index is 1070. The summed E-state index contributed by atoms with van der Waals surface area (Å²) in [5.41, 5.74) is 1.49. The van der Waals surface area contributed by atoms with Crippen molar-refractivity contribution < 1.29 is 9.59 Å². The molecule has 1 unspecified atom stereocenters. The number of terminal acetylenes is 1. The Labute approximate surface area is 182 Å². The minimum Gasteiger partial charge on any atom is -0.311 e. The number of amides is 3. The zero-order valence-electron chi connectivity index (χ0n) is 17.6. The van der Waals surface area contributed by atoms with Crippen LogP contribution in [0.4, 0.5) is 16.2 Å². The first-order valence-corrected chi connectivity index (χ1v) is 10.6. The molecule has 158 valence electrons. The summed E-state index contributed by atoms with van der Waals surface area (Å²) in [6, 6.07) is 14.2. The Hall–Kier alpha value is -3.59. The van der Waals surface area contributed by atoms with Crippen LogP contribution in [-0.2, 0) is 4.79 Å². The Kier molecular flexibility index (Phi) is 5.77. The maximum absolute atomic E-state index is 13.8. The van der Waals surface area contributed by atoms with E-state index >= 15 is 0 Å². The van der Waals surface area contributed by atoms with Crippen LogP contribution in [-0.4, -0.2) is 30.9 Å². The Balaban J connectivity index is 1.68. The first-order valence-electron chi connectivity index (χ1n) is 10.6. The molecule has 1 heterocycles. The van der Waals surface area contributed by atoms with E-state index in [1.165, 1.54) is 0 Å². The summed E-state index contributed by atoms with van der Waals surface area (Å²) in [5.74, 6) is 2.25. The molecule has 1 saturated carbocycles. The van der Waals surface area contributed by atoms with Gasteiger partial charge in [-0.3, -0.25) is 9.79 Å². The van der Waals surface area contributed by atoms with Gasteiger partial charge in [0, 0.05) is 36.0 Å². The molecule has 0 aromatic heterocycles. The van der Waals surface area contributed by atoms with E-state index in [0.717, 1.165) is 43.4 Å². The van der Waals surface area contributed by atoms with Gasteiger partial charge in [-0.25, -0.2) is 4.79 Å². The molecule has 1 atom stereocenters. The third kappa shape index (κ3) is 4.04. The molecule has 1 aliphatic heterocycles. The SMILES string of the molecule is C#Cc1cccc(NC(=O)NC2(C3CCCCC3)N=Cc3ccccc3N(C)C2=O)c1. The molecule has 2 aliphatic rings. The minimum absolute atomic E-state index is 0.0791. The molecule has 0 saturated heterocycles. The van der Waals surface area contributed by atoms with Crippen LogP contribution in [0, 0.1) is 18.3 Å². The molecule has 1 fully saturated rings. The highest BCUT2D eigenvalue weighted by molar-refractivity contribution is 6.09. The topological polar surface area (TPSA) is 73.8 Å². The monoisotopic (exact) mass is 414 g/mol. The number of hydrogen-bond acceptors (Lipinski definition) is 3. The van der Waals surface area contributed by atoms with Crippen LogP contribution in [0.25, 0.3) is 0 Å². The van der Waals surface area contributed by atoms with Gasteiger partial charge in [-0.2, -0.15) is 0 Å². The summed E-state index contributed by atoms with van der Waals surface area (Å²) in [4.78, 5) is 33.2. The second-order valence-corrected chi connectivity index (χ2v) is 8.09. The van der Waals surface area contributed by atoms with Crippen LogP contribution in [0.1, 0.15) is 43.2 Å². The van der Waals surface area contributed by atoms with Gasteiger partial charge in [0.2, 0.25) is 5.66 Å². The first kappa shape index (κ1) is 20.7. The largest absolute Gasteiger partial charge is 0.321 e. The van der Waals surface area contributed by atoms with Gasteiger partial charge in [-0.05, 0) is 37.1 Å². The van der Waals surface area contributed by atoms with Crippen molar-refractivity contribution in [3.63, 3.8) is 0 Å². The van der Waals surface area contributed by atoms with Crippen molar-refractivity contribution >= 4 is 29.5 Å². The third-order valence-electron chi connectivity index (χ3n) is 6.12. The Morgan fingerprint density at radius 1 is 1.16 bits per heavy atom. The number of likely N-dealkylation sites (N-methyl/N-ethyl adjacent to an activating group) is 1. The molecular weight excluding hydrogens is 388 g/mol. The van der Waals surface area contributed by atoms with Gasteiger partial charge in [0.05, 0.1) is 5.69 Å². The van der Waals surface area contributed by atoms with E-state index in [0.29, 0.717) is 11.3 Å². The van der Waals surface area contributed by atoms with E-state index in [9.17, 15) is 9.59 Å². The van der Waals surface area contributed by atoms with Gasteiger partial charge in [0.25, 0.3) is 5.91 Å². The quantitative estimate of drug-likeness (QED) is 0.740. The molecule has 1 aliphatic carbocycles. The van der Waals surface area contributed by atoms with Crippen LogP contribution in [0.3, 0.4) is 0 Å². The van der Waals surface area contributed by atoms with Crippen LogP contribution in [0.5, 0.6) is 0 Å². The number of carbonyl (C=O) groups is 2. The molecule has 0 radical (unpaired) electrons. The number of fused-ring (bicyclic) bond motifs is 1. The zero-order valence-corrected chi connectivity index (χ0v) is 17.6. The number of benzodiazepines with no additional fused rings is 1. The normalized spacial score (nSPS) is 21.0. The number of urea groups is 1. The molecule has 0 bridgehead atoms. The lowest BCUT2D eigenvalue weighted by molar-refractivity contribution is -0.126. The molecule has 2 aromatic carbocycles. The maximum atomic E-state index is 13.8. The van der Waals surface area contributed by atoms with Crippen molar-refractivity contribution in [2.24, 2.45) is 10.9 Å². The number of nitrogens with one attached hydrogen (secondary N) is 2. The molecule has 6 nitrogen and oxygen atoms in total. The predicted octanol–water partition coefficient (Wildman–Crippen LogP) is 4.16. The van der Waals surface area contributed by atoms with Crippen LogP contribution >= 0.6 is 0 Å². The molecular formula is C25H26N4O2. The number of carbonyl (C=O) groups excluding carboxylic acids is 2. The summed E-state index contributed by atoms with van der Waals surface area (Å²) >= 11 is 0. The van der Waals surface area contributed by atoms with Crippen molar-refractivity contribution in [1.29, 1.82) is 0 Å². The smallest absolute Gasteiger partial charge is 0.311 e.